The fourth-order valence-corrected chi connectivity index (χ4v) is 4.10. The molecule has 8 heteroatoms. The maximum atomic E-state index is 13.3. The number of morpholine rings is 1. The molecule has 0 bridgehead atoms. The fourth-order valence-electron chi connectivity index (χ4n) is 4.10. The molecule has 0 unspecified atom stereocenters. The molecule has 0 saturated carbocycles. The van der Waals surface area contributed by atoms with Crippen molar-refractivity contribution in [2.45, 2.75) is 12.5 Å². The van der Waals surface area contributed by atoms with E-state index in [2.05, 4.69) is 9.88 Å². The van der Waals surface area contributed by atoms with Crippen LogP contribution in [-0.2, 0) is 9.53 Å². The molecule has 3 aromatic rings. The molecule has 1 saturated heterocycles. The zero-order valence-electron chi connectivity index (χ0n) is 17.5. The molecule has 160 valence electrons. The molecule has 5 rings (SSSR count). The Labute approximate surface area is 180 Å². The van der Waals surface area contributed by atoms with Gasteiger partial charge in [-0.3, -0.25) is 9.69 Å². The van der Waals surface area contributed by atoms with Gasteiger partial charge in [0, 0.05) is 19.5 Å². The van der Waals surface area contributed by atoms with E-state index in [9.17, 15) is 4.79 Å². The van der Waals surface area contributed by atoms with Crippen molar-refractivity contribution in [3.63, 3.8) is 0 Å². The van der Waals surface area contributed by atoms with Crippen molar-refractivity contribution in [1.29, 1.82) is 0 Å². The molecule has 1 N–H and O–H groups in total. The van der Waals surface area contributed by atoms with Crippen LogP contribution in [0.4, 0.5) is 0 Å². The molecule has 2 aromatic carbocycles. The van der Waals surface area contributed by atoms with Crippen LogP contribution in [0.5, 0.6) is 5.75 Å². The molecule has 0 aliphatic carbocycles. The molecule has 0 radical (unpaired) electrons. The molecule has 3 heterocycles. The van der Waals surface area contributed by atoms with Crippen molar-refractivity contribution in [3.05, 3.63) is 59.9 Å². The Balaban J connectivity index is 1.46. The molecule has 1 fully saturated rings. The second kappa shape index (κ2) is 8.49. The summed E-state index contributed by atoms with van der Waals surface area (Å²) >= 11 is 0. The SMILES string of the molecule is COc1cccc([C@@H]2CC(c3nc4ccccc4[nH]3)=NN2C(=O)CN2CCOCC2)c1. The molecule has 2 aliphatic rings. The number of methoxy groups -OCH3 is 1. The summed E-state index contributed by atoms with van der Waals surface area (Å²) in [5.74, 6) is 1.44. The van der Waals surface area contributed by atoms with Gasteiger partial charge in [-0.05, 0) is 29.8 Å². The molecule has 2 aliphatic heterocycles. The maximum Gasteiger partial charge on any atom is 0.257 e. The second-order valence-corrected chi connectivity index (χ2v) is 7.77. The van der Waals surface area contributed by atoms with Gasteiger partial charge in [0.05, 0.1) is 43.9 Å². The number of H-pyrrole nitrogens is 1. The summed E-state index contributed by atoms with van der Waals surface area (Å²) in [6.45, 7) is 3.13. The van der Waals surface area contributed by atoms with Crippen LogP contribution < -0.4 is 4.74 Å². The van der Waals surface area contributed by atoms with E-state index in [4.69, 9.17) is 19.6 Å². The van der Waals surface area contributed by atoms with Crippen molar-refractivity contribution < 1.29 is 14.3 Å². The van der Waals surface area contributed by atoms with Crippen LogP contribution in [0.3, 0.4) is 0 Å². The number of para-hydroxylation sites is 2. The maximum absolute atomic E-state index is 13.3. The molecule has 31 heavy (non-hydrogen) atoms. The quantitative estimate of drug-likeness (QED) is 0.687. The Morgan fingerprint density at radius 2 is 2.03 bits per heavy atom. The zero-order valence-corrected chi connectivity index (χ0v) is 17.5. The van der Waals surface area contributed by atoms with Gasteiger partial charge in [0.1, 0.15) is 11.5 Å². The van der Waals surface area contributed by atoms with Crippen LogP contribution in [0, 0.1) is 0 Å². The van der Waals surface area contributed by atoms with Gasteiger partial charge in [0.25, 0.3) is 5.91 Å². The Morgan fingerprint density at radius 3 is 2.84 bits per heavy atom. The Morgan fingerprint density at radius 1 is 1.19 bits per heavy atom. The molecule has 1 atom stereocenters. The van der Waals surface area contributed by atoms with Crippen LogP contribution in [0.25, 0.3) is 11.0 Å². The second-order valence-electron chi connectivity index (χ2n) is 7.77. The zero-order chi connectivity index (χ0) is 21.2. The number of carbonyl (C=O) groups excluding carboxylic acids is 1. The number of imidazole rings is 1. The monoisotopic (exact) mass is 419 g/mol. The number of ether oxygens (including phenoxy) is 2. The minimum absolute atomic E-state index is 0.0270. The molecule has 8 nitrogen and oxygen atoms in total. The number of aromatic nitrogens is 2. The van der Waals surface area contributed by atoms with Gasteiger partial charge in [0.15, 0.2) is 5.82 Å². The van der Waals surface area contributed by atoms with E-state index in [-0.39, 0.29) is 11.9 Å². The summed E-state index contributed by atoms with van der Waals surface area (Å²) in [5.41, 5.74) is 3.61. The standard InChI is InChI=1S/C23H25N5O3/c1-30-17-6-4-5-16(13-17)21-14-20(23-24-18-7-2-3-8-19(18)25-23)26-28(21)22(29)15-27-9-11-31-12-10-27/h2-8,13,21H,9-12,14-15H2,1H3,(H,24,25)/t21-/m0/s1. The number of nitrogens with one attached hydrogen (secondary N) is 1. The number of aromatic amines is 1. The van der Waals surface area contributed by atoms with Crippen molar-refractivity contribution in [2.75, 3.05) is 40.0 Å². The molecular weight excluding hydrogens is 394 g/mol. The summed E-state index contributed by atoms with van der Waals surface area (Å²) in [5, 5.41) is 6.36. The van der Waals surface area contributed by atoms with Gasteiger partial charge in [-0.1, -0.05) is 24.3 Å². The first-order valence-electron chi connectivity index (χ1n) is 10.5. The van der Waals surface area contributed by atoms with Gasteiger partial charge >= 0.3 is 0 Å². The van der Waals surface area contributed by atoms with Crippen LogP contribution in [0.2, 0.25) is 0 Å². The summed E-state index contributed by atoms with van der Waals surface area (Å²) < 4.78 is 10.8. The van der Waals surface area contributed by atoms with E-state index in [0.717, 1.165) is 41.1 Å². The van der Waals surface area contributed by atoms with Crippen molar-refractivity contribution >= 4 is 22.7 Å². The van der Waals surface area contributed by atoms with E-state index in [1.807, 2.05) is 48.5 Å². The van der Waals surface area contributed by atoms with Gasteiger partial charge in [0.2, 0.25) is 0 Å². The normalized spacial score (nSPS) is 19.6. The van der Waals surface area contributed by atoms with E-state index < -0.39 is 0 Å². The van der Waals surface area contributed by atoms with Gasteiger partial charge < -0.3 is 14.5 Å². The topological polar surface area (TPSA) is 83.0 Å². The number of benzene rings is 2. The Bertz CT molecular complexity index is 1090. The third kappa shape index (κ3) is 4.04. The van der Waals surface area contributed by atoms with E-state index in [1.165, 1.54) is 0 Å². The van der Waals surface area contributed by atoms with Crippen molar-refractivity contribution in [3.8, 4) is 5.75 Å². The number of carbonyl (C=O) groups is 1. The average molecular weight is 419 g/mol. The Kier molecular flexibility index (Phi) is 5.40. The van der Waals surface area contributed by atoms with Gasteiger partial charge in [-0.25, -0.2) is 9.99 Å². The number of amides is 1. The highest BCUT2D eigenvalue weighted by atomic mass is 16.5. The molecule has 0 spiro atoms. The number of hydrogen-bond donors (Lipinski definition) is 1. The summed E-state index contributed by atoms with van der Waals surface area (Å²) in [6, 6.07) is 15.5. The predicted octanol–water partition coefficient (Wildman–Crippen LogP) is 2.58. The first kappa shape index (κ1) is 19.7. The minimum atomic E-state index is -0.202. The van der Waals surface area contributed by atoms with Crippen molar-refractivity contribution in [2.24, 2.45) is 5.10 Å². The predicted molar refractivity (Wildman–Crippen MR) is 117 cm³/mol. The summed E-state index contributed by atoms with van der Waals surface area (Å²) in [7, 11) is 1.64. The lowest BCUT2D eigenvalue weighted by atomic mass is 10.0. The highest BCUT2D eigenvalue weighted by Gasteiger charge is 2.35. The van der Waals surface area contributed by atoms with Crippen LogP contribution in [-0.4, -0.2) is 71.5 Å². The number of rotatable bonds is 5. The van der Waals surface area contributed by atoms with Gasteiger partial charge in [-0.15, -0.1) is 0 Å². The number of hydrazone groups is 1. The van der Waals surface area contributed by atoms with Crippen molar-refractivity contribution in [1.82, 2.24) is 19.9 Å². The lowest BCUT2D eigenvalue weighted by molar-refractivity contribution is -0.135. The first-order chi connectivity index (χ1) is 15.2. The molecule has 1 aromatic heterocycles. The third-order valence-electron chi connectivity index (χ3n) is 5.77. The lowest BCUT2D eigenvalue weighted by Crippen LogP contribution is -2.43. The first-order valence-corrected chi connectivity index (χ1v) is 10.5. The number of nitrogens with zero attached hydrogens (tertiary/aromatic N) is 4. The van der Waals surface area contributed by atoms with E-state index in [0.29, 0.717) is 32.0 Å². The molecule has 1 amide bonds. The van der Waals surface area contributed by atoms with E-state index >= 15 is 0 Å². The number of hydrogen-bond acceptors (Lipinski definition) is 6. The minimum Gasteiger partial charge on any atom is -0.497 e. The summed E-state index contributed by atoms with van der Waals surface area (Å²) in [4.78, 5) is 23.4. The lowest BCUT2D eigenvalue weighted by Gasteiger charge is -2.29. The van der Waals surface area contributed by atoms with E-state index in [1.54, 1.807) is 12.1 Å². The van der Waals surface area contributed by atoms with Crippen LogP contribution >= 0.6 is 0 Å². The largest absolute Gasteiger partial charge is 0.497 e. The number of fused-ring (bicyclic) bond motifs is 1. The van der Waals surface area contributed by atoms with Gasteiger partial charge in [-0.2, -0.15) is 5.10 Å². The molecular formula is C23H25N5O3. The van der Waals surface area contributed by atoms with Crippen LogP contribution in [0.1, 0.15) is 23.9 Å². The Hall–Kier alpha value is -3.23. The fraction of sp³-hybridized carbons (Fsp3) is 0.348. The third-order valence-corrected chi connectivity index (χ3v) is 5.77. The highest BCUT2D eigenvalue weighted by molar-refractivity contribution is 6.02. The highest BCUT2D eigenvalue weighted by Crippen LogP contribution is 2.34. The summed E-state index contributed by atoms with van der Waals surface area (Å²) in [6.07, 6.45) is 0.585. The average Bonchev–Trinajstić information content (AvgIpc) is 3.44. The smallest absolute Gasteiger partial charge is 0.257 e. The van der Waals surface area contributed by atoms with Crippen LogP contribution in [0.15, 0.2) is 53.6 Å².